The number of hydrogen-bond acceptors (Lipinski definition) is 4. The van der Waals surface area contributed by atoms with Gasteiger partial charge in [0.2, 0.25) is 0 Å². The molecule has 6 heteroatoms. The Morgan fingerprint density at radius 3 is 2.82 bits per heavy atom. The molecular weight excluding hydrogens is 282 g/mol. The van der Waals surface area contributed by atoms with Crippen molar-refractivity contribution in [3.8, 4) is 0 Å². The fourth-order valence-corrected chi connectivity index (χ4v) is 2.97. The van der Waals surface area contributed by atoms with Gasteiger partial charge in [-0.3, -0.25) is 0 Å². The lowest BCUT2D eigenvalue weighted by Gasteiger charge is -2.40. The second kappa shape index (κ2) is 6.69. The number of morpholine rings is 1. The topological polar surface area (TPSA) is 67.6 Å². The van der Waals surface area contributed by atoms with Crippen molar-refractivity contribution in [3.05, 3.63) is 17.0 Å². The summed E-state index contributed by atoms with van der Waals surface area (Å²) < 4.78 is 11.0. The van der Waals surface area contributed by atoms with E-state index in [1.165, 1.54) is 0 Å². The van der Waals surface area contributed by atoms with E-state index in [4.69, 9.17) is 9.26 Å². The lowest BCUT2D eigenvalue weighted by molar-refractivity contribution is -0.0872. The standard InChI is InChI=1S/C16H27N3O3/c1-6-16(5)10-19(7-8-21-16)15(20)17-9-11(2)14-12(3)18-22-13(14)4/h11H,6-10H2,1-5H3,(H,17,20)/t11-,16+/m1/s1. The number of amides is 2. The largest absolute Gasteiger partial charge is 0.372 e. The second-order valence-corrected chi connectivity index (χ2v) is 6.40. The molecule has 0 bridgehead atoms. The summed E-state index contributed by atoms with van der Waals surface area (Å²) in [5.74, 6) is 0.998. The highest BCUT2D eigenvalue weighted by molar-refractivity contribution is 5.74. The first-order valence-corrected chi connectivity index (χ1v) is 7.96. The first-order chi connectivity index (χ1) is 10.4. The maximum Gasteiger partial charge on any atom is 0.317 e. The molecular formula is C16H27N3O3. The van der Waals surface area contributed by atoms with Gasteiger partial charge in [-0.2, -0.15) is 0 Å². The molecule has 1 saturated heterocycles. The van der Waals surface area contributed by atoms with E-state index in [9.17, 15) is 4.79 Å². The van der Waals surface area contributed by atoms with E-state index >= 15 is 0 Å². The predicted octanol–water partition coefficient (Wildman–Crippen LogP) is 2.61. The van der Waals surface area contributed by atoms with E-state index in [-0.39, 0.29) is 17.6 Å². The molecule has 0 spiro atoms. The van der Waals surface area contributed by atoms with Crippen molar-refractivity contribution in [2.45, 2.75) is 52.6 Å². The third kappa shape index (κ3) is 3.61. The Bertz CT molecular complexity index is 509. The molecule has 1 aliphatic heterocycles. The van der Waals surface area contributed by atoms with E-state index in [1.807, 2.05) is 18.7 Å². The van der Waals surface area contributed by atoms with Gasteiger partial charge >= 0.3 is 6.03 Å². The minimum atomic E-state index is -0.233. The lowest BCUT2D eigenvalue weighted by Crippen LogP contribution is -2.54. The normalized spacial score (nSPS) is 23.4. The van der Waals surface area contributed by atoms with Crippen molar-refractivity contribution in [1.82, 2.24) is 15.4 Å². The Labute approximate surface area is 132 Å². The van der Waals surface area contributed by atoms with Crippen molar-refractivity contribution in [2.24, 2.45) is 0 Å². The number of ether oxygens (including phenoxy) is 1. The summed E-state index contributed by atoms with van der Waals surface area (Å²) in [5.41, 5.74) is 1.74. The molecule has 1 fully saturated rings. The summed E-state index contributed by atoms with van der Waals surface area (Å²) in [4.78, 5) is 14.2. The van der Waals surface area contributed by atoms with Gasteiger partial charge in [-0.15, -0.1) is 0 Å². The van der Waals surface area contributed by atoms with Crippen LogP contribution in [0, 0.1) is 13.8 Å². The third-order valence-electron chi connectivity index (χ3n) is 4.51. The molecule has 0 aromatic carbocycles. The van der Waals surface area contributed by atoms with Crippen molar-refractivity contribution in [2.75, 3.05) is 26.2 Å². The first kappa shape index (κ1) is 16.8. The second-order valence-electron chi connectivity index (χ2n) is 6.40. The van der Waals surface area contributed by atoms with Crippen LogP contribution in [0.5, 0.6) is 0 Å². The van der Waals surface area contributed by atoms with Crippen LogP contribution in [-0.4, -0.2) is 47.9 Å². The number of carbonyl (C=O) groups is 1. The van der Waals surface area contributed by atoms with E-state index in [0.717, 1.165) is 23.4 Å². The molecule has 2 amide bonds. The fourth-order valence-electron chi connectivity index (χ4n) is 2.97. The molecule has 2 heterocycles. The average molecular weight is 309 g/mol. The zero-order valence-corrected chi connectivity index (χ0v) is 14.2. The molecule has 1 aromatic heterocycles. The van der Waals surface area contributed by atoms with E-state index in [0.29, 0.717) is 26.2 Å². The molecule has 6 nitrogen and oxygen atoms in total. The van der Waals surface area contributed by atoms with E-state index in [2.05, 4.69) is 31.2 Å². The van der Waals surface area contributed by atoms with Gasteiger partial charge < -0.3 is 19.5 Å². The minimum Gasteiger partial charge on any atom is -0.372 e. The van der Waals surface area contributed by atoms with Crippen LogP contribution in [0.1, 0.15) is 50.1 Å². The van der Waals surface area contributed by atoms with Crippen molar-refractivity contribution < 1.29 is 14.1 Å². The molecule has 1 aromatic rings. The third-order valence-corrected chi connectivity index (χ3v) is 4.51. The zero-order valence-electron chi connectivity index (χ0n) is 14.2. The van der Waals surface area contributed by atoms with Crippen LogP contribution >= 0.6 is 0 Å². The number of hydrogen-bond donors (Lipinski definition) is 1. The molecule has 0 saturated carbocycles. The molecule has 1 aliphatic rings. The van der Waals surface area contributed by atoms with Crippen LogP contribution < -0.4 is 5.32 Å². The van der Waals surface area contributed by atoms with Gasteiger partial charge in [-0.05, 0) is 27.2 Å². The van der Waals surface area contributed by atoms with Gasteiger partial charge in [0.05, 0.1) is 24.4 Å². The summed E-state index contributed by atoms with van der Waals surface area (Å²) in [6.07, 6.45) is 0.895. The summed E-state index contributed by atoms with van der Waals surface area (Å²) in [7, 11) is 0. The molecule has 124 valence electrons. The maximum atomic E-state index is 12.4. The molecule has 0 unspecified atom stereocenters. The van der Waals surface area contributed by atoms with E-state index < -0.39 is 0 Å². The van der Waals surface area contributed by atoms with Crippen molar-refractivity contribution in [1.29, 1.82) is 0 Å². The van der Waals surface area contributed by atoms with Crippen molar-refractivity contribution in [3.63, 3.8) is 0 Å². The summed E-state index contributed by atoms with van der Waals surface area (Å²) in [5, 5.41) is 6.99. The molecule has 0 radical (unpaired) electrons. The maximum absolute atomic E-state index is 12.4. The summed E-state index contributed by atoms with van der Waals surface area (Å²) in [6, 6.07) is -0.0263. The highest BCUT2D eigenvalue weighted by Gasteiger charge is 2.32. The van der Waals surface area contributed by atoms with Crippen LogP contribution in [0.4, 0.5) is 4.79 Å². The Balaban J connectivity index is 1.90. The highest BCUT2D eigenvalue weighted by Crippen LogP contribution is 2.23. The van der Waals surface area contributed by atoms with E-state index in [1.54, 1.807) is 0 Å². The molecule has 0 aliphatic carbocycles. The summed E-state index contributed by atoms with van der Waals surface area (Å²) in [6.45, 7) is 12.5. The molecule has 1 N–H and O–H groups in total. The number of urea groups is 1. The van der Waals surface area contributed by atoms with Gasteiger partial charge in [0.25, 0.3) is 0 Å². The number of nitrogens with one attached hydrogen (secondary N) is 1. The number of aromatic nitrogens is 1. The molecule has 2 atom stereocenters. The quantitative estimate of drug-likeness (QED) is 0.928. The Morgan fingerprint density at radius 1 is 1.50 bits per heavy atom. The van der Waals surface area contributed by atoms with Gasteiger partial charge in [-0.1, -0.05) is 19.0 Å². The van der Waals surface area contributed by atoms with Crippen molar-refractivity contribution >= 4 is 6.03 Å². The number of nitrogens with zero attached hydrogens (tertiary/aromatic N) is 2. The van der Waals surface area contributed by atoms with Crippen LogP contribution in [0.15, 0.2) is 4.52 Å². The first-order valence-electron chi connectivity index (χ1n) is 7.96. The lowest BCUT2D eigenvalue weighted by atomic mass is 9.99. The number of carbonyl (C=O) groups excluding carboxylic acids is 1. The Morgan fingerprint density at radius 2 is 2.23 bits per heavy atom. The summed E-state index contributed by atoms with van der Waals surface area (Å²) >= 11 is 0. The number of rotatable bonds is 4. The van der Waals surface area contributed by atoms with Crippen LogP contribution in [0.3, 0.4) is 0 Å². The van der Waals surface area contributed by atoms with Crippen LogP contribution in [0.25, 0.3) is 0 Å². The van der Waals surface area contributed by atoms with Crippen LogP contribution in [-0.2, 0) is 4.74 Å². The predicted molar refractivity (Wildman–Crippen MR) is 84.0 cm³/mol. The molecule has 22 heavy (non-hydrogen) atoms. The monoisotopic (exact) mass is 309 g/mol. The average Bonchev–Trinajstić information content (AvgIpc) is 2.83. The molecule has 2 rings (SSSR count). The van der Waals surface area contributed by atoms with Gasteiger partial charge in [0, 0.05) is 24.6 Å². The smallest absolute Gasteiger partial charge is 0.317 e. The Hall–Kier alpha value is -1.56. The van der Waals surface area contributed by atoms with Gasteiger partial charge in [-0.25, -0.2) is 4.79 Å². The van der Waals surface area contributed by atoms with Gasteiger partial charge in [0.1, 0.15) is 5.76 Å². The highest BCUT2D eigenvalue weighted by atomic mass is 16.5. The minimum absolute atomic E-state index is 0.0263. The number of aryl methyl sites for hydroxylation is 2. The van der Waals surface area contributed by atoms with Gasteiger partial charge in [0.15, 0.2) is 0 Å². The Kier molecular flexibility index (Phi) is 5.11. The van der Waals surface area contributed by atoms with Crippen LogP contribution in [0.2, 0.25) is 0 Å². The SMILES string of the molecule is CC[C@@]1(C)CN(C(=O)NC[C@@H](C)c2c(C)noc2C)CCO1. The zero-order chi connectivity index (χ0) is 16.3. The fraction of sp³-hybridized carbons (Fsp3) is 0.750.